The molecule has 0 aliphatic rings. The van der Waals surface area contributed by atoms with E-state index in [9.17, 15) is 0 Å². The average Bonchev–Trinajstić information content (AvgIpc) is 4.03. The van der Waals surface area contributed by atoms with Crippen LogP contribution in [0.2, 0.25) is 0 Å². The second kappa shape index (κ2) is 14.0. The highest BCUT2D eigenvalue weighted by Gasteiger charge is 2.23. The minimum atomic E-state index is 0.665. The summed E-state index contributed by atoms with van der Waals surface area (Å²) in [4.78, 5) is 16.5. The fraction of sp³-hybridized carbons (Fsp3) is 0. The molecule has 0 atom stereocenters. The first-order valence-corrected chi connectivity index (χ1v) is 22.8. The molecule has 0 N–H and O–H groups in total. The van der Waals surface area contributed by atoms with Gasteiger partial charge in [-0.3, -0.25) is 0 Å². The lowest BCUT2D eigenvalue weighted by atomic mass is 9.97. The smallest absolute Gasteiger partial charge is 0.160 e. The summed E-state index contributed by atoms with van der Waals surface area (Å²) in [7, 11) is 0. The van der Waals surface area contributed by atoms with E-state index in [2.05, 4.69) is 215 Å². The molecule has 0 spiro atoms. The average molecular weight is 846 g/mol. The van der Waals surface area contributed by atoms with Crippen LogP contribution in [0.4, 0.5) is 0 Å². The molecule has 0 saturated carbocycles. The Balaban J connectivity index is 1.12. The Hall–Kier alpha value is -8.45. The van der Waals surface area contributed by atoms with Crippen LogP contribution in [0.1, 0.15) is 0 Å². The van der Waals surface area contributed by atoms with Gasteiger partial charge in [-0.1, -0.05) is 152 Å². The van der Waals surface area contributed by atoms with Crippen LogP contribution in [-0.4, -0.2) is 24.1 Å². The molecule has 0 aliphatic carbocycles. The van der Waals surface area contributed by atoms with Crippen LogP contribution < -0.4 is 0 Å². The van der Waals surface area contributed by atoms with Gasteiger partial charge in [0.2, 0.25) is 0 Å². The normalized spacial score (nSPS) is 12.0. The maximum atomic E-state index is 5.54. The first-order chi connectivity index (χ1) is 32.2. The quantitative estimate of drug-likeness (QED) is 0.162. The van der Waals surface area contributed by atoms with Gasteiger partial charge in [-0.2, -0.15) is 0 Å². The first-order valence-electron chi connectivity index (χ1n) is 21.9. The van der Waals surface area contributed by atoms with E-state index in [0.29, 0.717) is 5.82 Å². The Kier molecular flexibility index (Phi) is 7.79. The molecule has 302 valence electrons. The number of rotatable bonds is 5. The van der Waals surface area contributed by atoms with E-state index in [4.69, 9.17) is 15.0 Å². The molecule has 9 aromatic carbocycles. The number of aromatic nitrogens is 5. The SMILES string of the molecule is c1ccc(-c2nc(-c3cc(-n4c5ccccc5c5ccccc54)cc(-n4c5ccccc5c5ccccc54)c3)cc(-c3c4sc5ccccc5c4nc4ccc5ccccc5c34)n2)cc1. The van der Waals surface area contributed by atoms with E-state index in [1.54, 1.807) is 11.3 Å². The lowest BCUT2D eigenvalue weighted by molar-refractivity contribution is 1.13. The second-order valence-corrected chi connectivity index (χ2v) is 17.8. The molecular formula is C59H35N5S. The minimum Gasteiger partial charge on any atom is -0.309 e. The monoisotopic (exact) mass is 845 g/mol. The Bertz CT molecular complexity index is 4010. The standard InChI is InChI=1S/C59H35N5S/c1-2-17-37(18-3-1)59-61-48(35-49(62-59)56-55-41-19-5-4-16-36(41)30-31-47(55)60-57-46-24-10-15-29-54(46)65-58(56)57)38-32-39(63-50-25-11-6-20-42(50)43-21-7-12-26-51(43)63)34-40(33-38)64-52-27-13-8-22-44(52)45-23-9-14-28-53(45)64/h1-35H. The fourth-order valence-corrected chi connectivity index (χ4v) is 11.5. The minimum absolute atomic E-state index is 0.665. The lowest BCUT2D eigenvalue weighted by Gasteiger charge is -2.17. The van der Waals surface area contributed by atoms with Gasteiger partial charge in [0.15, 0.2) is 5.82 Å². The van der Waals surface area contributed by atoms with Crippen molar-refractivity contribution in [2.24, 2.45) is 0 Å². The van der Waals surface area contributed by atoms with E-state index in [-0.39, 0.29) is 0 Å². The number of fused-ring (bicyclic) bond motifs is 12. The first kappa shape index (κ1) is 36.1. The van der Waals surface area contributed by atoms with Crippen LogP contribution in [-0.2, 0) is 0 Å². The lowest BCUT2D eigenvalue weighted by Crippen LogP contribution is -2.02. The van der Waals surface area contributed by atoms with Gasteiger partial charge in [-0.05, 0) is 71.4 Å². The zero-order valence-electron chi connectivity index (χ0n) is 34.9. The third-order valence-corrected chi connectivity index (χ3v) is 14.3. The van der Waals surface area contributed by atoms with Crippen LogP contribution in [0.25, 0.3) is 131 Å². The molecular weight excluding hydrogens is 811 g/mol. The summed E-state index contributed by atoms with van der Waals surface area (Å²) >= 11 is 1.79. The van der Waals surface area contributed by atoms with Gasteiger partial charge in [-0.15, -0.1) is 11.3 Å². The predicted molar refractivity (Wildman–Crippen MR) is 273 cm³/mol. The number of pyridine rings is 1. The molecule has 0 saturated heterocycles. The van der Waals surface area contributed by atoms with Crippen molar-refractivity contribution in [1.29, 1.82) is 0 Å². The van der Waals surface area contributed by atoms with E-state index < -0.39 is 0 Å². The Morgan fingerprint density at radius 3 is 1.49 bits per heavy atom. The van der Waals surface area contributed by atoms with Crippen molar-refractivity contribution in [3.8, 4) is 45.3 Å². The number of benzene rings is 9. The van der Waals surface area contributed by atoms with Crippen LogP contribution in [0.15, 0.2) is 212 Å². The van der Waals surface area contributed by atoms with Crippen LogP contribution in [0.5, 0.6) is 0 Å². The largest absolute Gasteiger partial charge is 0.309 e. The zero-order valence-corrected chi connectivity index (χ0v) is 35.7. The van der Waals surface area contributed by atoms with Crippen molar-refractivity contribution in [2.45, 2.75) is 0 Å². The second-order valence-electron chi connectivity index (χ2n) is 16.7. The summed E-state index contributed by atoms with van der Waals surface area (Å²) < 4.78 is 7.14. The molecule has 0 fully saturated rings. The molecule has 0 amide bonds. The summed E-state index contributed by atoms with van der Waals surface area (Å²) in [6.45, 7) is 0. The maximum absolute atomic E-state index is 5.54. The molecule has 5 heterocycles. The van der Waals surface area contributed by atoms with Crippen molar-refractivity contribution in [3.63, 3.8) is 0 Å². The van der Waals surface area contributed by atoms with Crippen molar-refractivity contribution in [3.05, 3.63) is 212 Å². The number of para-hydroxylation sites is 4. The summed E-state index contributed by atoms with van der Waals surface area (Å²) in [5.74, 6) is 0.665. The summed E-state index contributed by atoms with van der Waals surface area (Å²) in [5.41, 5.74) is 13.3. The van der Waals surface area contributed by atoms with E-state index in [1.807, 2.05) is 6.07 Å². The molecule has 0 aliphatic heterocycles. The summed E-state index contributed by atoms with van der Waals surface area (Å²) in [5, 5.41) is 9.41. The molecule has 6 heteroatoms. The third kappa shape index (κ3) is 5.48. The fourth-order valence-electron chi connectivity index (χ4n) is 10.2. The third-order valence-electron chi connectivity index (χ3n) is 13.1. The van der Waals surface area contributed by atoms with Gasteiger partial charge in [-0.25, -0.2) is 15.0 Å². The molecule has 5 nitrogen and oxygen atoms in total. The van der Waals surface area contributed by atoms with Crippen molar-refractivity contribution in [1.82, 2.24) is 24.1 Å². The summed E-state index contributed by atoms with van der Waals surface area (Å²) in [6, 6.07) is 76.1. The van der Waals surface area contributed by atoms with Gasteiger partial charge < -0.3 is 9.13 Å². The number of hydrogen-bond acceptors (Lipinski definition) is 4. The predicted octanol–water partition coefficient (Wildman–Crippen LogP) is 15.7. The van der Waals surface area contributed by atoms with Crippen molar-refractivity contribution in [2.75, 3.05) is 0 Å². The molecule has 14 aromatic rings. The van der Waals surface area contributed by atoms with Gasteiger partial charge in [0, 0.05) is 65.1 Å². The Morgan fingerprint density at radius 2 is 0.877 bits per heavy atom. The van der Waals surface area contributed by atoms with E-state index in [1.165, 1.54) is 26.2 Å². The van der Waals surface area contributed by atoms with Crippen LogP contribution >= 0.6 is 11.3 Å². The molecule has 0 unspecified atom stereocenters. The topological polar surface area (TPSA) is 48.5 Å². The van der Waals surface area contributed by atoms with Crippen molar-refractivity contribution < 1.29 is 0 Å². The molecule has 0 bridgehead atoms. The maximum Gasteiger partial charge on any atom is 0.160 e. The van der Waals surface area contributed by atoms with Crippen LogP contribution in [0, 0.1) is 0 Å². The molecule has 5 aromatic heterocycles. The molecule has 14 rings (SSSR count). The number of thiophene rings is 1. The van der Waals surface area contributed by atoms with Gasteiger partial charge in [0.05, 0.1) is 49.2 Å². The highest BCUT2D eigenvalue weighted by Crippen LogP contribution is 2.46. The highest BCUT2D eigenvalue weighted by molar-refractivity contribution is 7.26. The number of hydrogen-bond donors (Lipinski definition) is 0. The summed E-state index contributed by atoms with van der Waals surface area (Å²) in [6.07, 6.45) is 0. The van der Waals surface area contributed by atoms with E-state index >= 15 is 0 Å². The van der Waals surface area contributed by atoms with Gasteiger partial charge in [0.1, 0.15) is 0 Å². The molecule has 65 heavy (non-hydrogen) atoms. The van der Waals surface area contributed by atoms with Gasteiger partial charge in [0.25, 0.3) is 0 Å². The number of nitrogens with zero attached hydrogens (tertiary/aromatic N) is 5. The Morgan fingerprint density at radius 1 is 0.369 bits per heavy atom. The van der Waals surface area contributed by atoms with E-state index in [0.717, 1.165) is 98.8 Å². The molecule has 0 radical (unpaired) electrons. The van der Waals surface area contributed by atoms with Gasteiger partial charge >= 0.3 is 0 Å². The van der Waals surface area contributed by atoms with Crippen molar-refractivity contribution >= 4 is 96.9 Å². The highest BCUT2D eigenvalue weighted by atomic mass is 32.1. The zero-order chi connectivity index (χ0) is 42.6. The Labute approximate surface area is 376 Å². The van der Waals surface area contributed by atoms with Crippen LogP contribution in [0.3, 0.4) is 0 Å².